The molecule has 2 N–H and O–H groups in total. The van der Waals surface area contributed by atoms with Gasteiger partial charge in [-0.1, -0.05) is 51.1 Å². The number of hydrogen-bond acceptors (Lipinski definition) is 5. The monoisotopic (exact) mass is 511 g/mol. The zero-order valence-corrected chi connectivity index (χ0v) is 23.1. The molecule has 0 aliphatic rings. The third-order valence-electron chi connectivity index (χ3n) is 7.30. The lowest BCUT2D eigenvalue weighted by molar-refractivity contribution is 0.0575. The number of pyridine rings is 1. The van der Waals surface area contributed by atoms with Gasteiger partial charge in [-0.2, -0.15) is 5.10 Å². The molecule has 1 atom stereocenters. The molecule has 0 aliphatic heterocycles. The molecule has 1 unspecified atom stereocenters. The maximum atomic E-state index is 11.0. The predicted molar refractivity (Wildman–Crippen MR) is 152 cm³/mol. The fourth-order valence-corrected chi connectivity index (χ4v) is 5.00. The molecule has 0 saturated carbocycles. The van der Waals surface area contributed by atoms with Gasteiger partial charge >= 0.3 is 0 Å². The molecule has 0 saturated heterocycles. The van der Waals surface area contributed by atoms with Crippen molar-refractivity contribution in [1.82, 2.24) is 24.5 Å². The Hall–Kier alpha value is -3.68. The Balaban J connectivity index is 1.51. The van der Waals surface area contributed by atoms with Crippen LogP contribution in [0.5, 0.6) is 5.75 Å². The Morgan fingerprint density at radius 3 is 2.63 bits per heavy atom. The third-order valence-corrected chi connectivity index (χ3v) is 7.30. The minimum Gasteiger partial charge on any atom is -0.492 e. The van der Waals surface area contributed by atoms with E-state index < -0.39 is 6.10 Å². The summed E-state index contributed by atoms with van der Waals surface area (Å²) in [6.07, 6.45) is 4.04. The van der Waals surface area contributed by atoms with E-state index in [1.165, 1.54) is 0 Å². The molecule has 0 aliphatic carbocycles. The van der Waals surface area contributed by atoms with E-state index in [1.807, 2.05) is 70.9 Å². The zero-order valence-electron chi connectivity index (χ0n) is 23.1. The van der Waals surface area contributed by atoms with Crippen LogP contribution in [0, 0.1) is 12.3 Å². The second kappa shape index (κ2) is 10.2. The lowest BCUT2D eigenvalue weighted by atomic mass is 9.85. The summed E-state index contributed by atoms with van der Waals surface area (Å²) >= 11 is 0. The first-order valence-corrected chi connectivity index (χ1v) is 13.1. The molecule has 0 spiro atoms. The van der Waals surface area contributed by atoms with E-state index >= 15 is 0 Å². The molecule has 198 valence electrons. The molecule has 0 fully saturated rings. The van der Waals surface area contributed by atoms with Gasteiger partial charge in [-0.15, -0.1) is 0 Å². The van der Waals surface area contributed by atoms with Gasteiger partial charge in [-0.05, 0) is 43.0 Å². The molecule has 0 amide bonds. The first-order valence-electron chi connectivity index (χ1n) is 13.1. The Morgan fingerprint density at radius 1 is 1.08 bits per heavy atom. The number of nitrogens with one attached hydrogen (secondary N) is 1. The summed E-state index contributed by atoms with van der Waals surface area (Å²) in [5.41, 5.74) is 6.64. The van der Waals surface area contributed by atoms with Crippen molar-refractivity contribution in [3.8, 4) is 16.9 Å². The van der Waals surface area contributed by atoms with Crippen molar-refractivity contribution in [2.45, 2.75) is 46.8 Å². The Bertz CT molecular complexity index is 1590. The number of imidazole rings is 1. The van der Waals surface area contributed by atoms with Crippen molar-refractivity contribution >= 4 is 16.4 Å². The van der Waals surface area contributed by atoms with Crippen molar-refractivity contribution < 1.29 is 9.84 Å². The highest BCUT2D eigenvalue weighted by atomic mass is 16.5. The molecule has 3 aromatic heterocycles. The number of aliphatic hydroxyl groups excluding tert-OH is 1. The molecular weight excluding hydrogens is 474 g/mol. The summed E-state index contributed by atoms with van der Waals surface area (Å²) in [7, 11) is 3.87. The van der Waals surface area contributed by atoms with Crippen LogP contribution in [0.2, 0.25) is 0 Å². The number of ether oxygens (including phenoxy) is 1. The van der Waals surface area contributed by atoms with Crippen LogP contribution in [0.4, 0.5) is 0 Å². The first kappa shape index (κ1) is 25.9. The van der Waals surface area contributed by atoms with Gasteiger partial charge in [0.2, 0.25) is 0 Å². The van der Waals surface area contributed by atoms with Crippen LogP contribution in [0.15, 0.2) is 60.9 Å². The summed E-state index contributed by atoms with van der Waals surface area (Å²) in [6, 6.07) is 16.8. The largest absolute Gasteiger partial charge is 0.492 e. The molecule has 7 nitrogen and oxygen atoms in total. The minimum absolute atomic E-state index is 0.308. The van der Waals surface area contributed by atoms with Crippen LogP contribution in [-0.4, -0.2) is 37.9 Å². The van der Waals surface area contributed by atoms with Crippen molar-refractivity contribution in [2.75, 3.05) is 13.7 Å². The molecule has 5 aromatic rings. The van der Waals surface area contributed by atoms with Crippen molar-refractivity contribution in [2.24, 2.45) is 12.5 Å². The third kappa shape index (κ3) is 4.79. The first-order chi connectivity index (χ1) is 18.2. The van der Waals surface area contributed by atoms with Crippen LogP contribution in [0.25, 0.3) is 27.5 Å². The van der Waals surface area contributed by atoms with E-state index in [9.17, 15) is 5.11 Å². The van der Waals surface area contributed by atoms with Crippen LogP contribution in [0.3, 0.4) is 0 Å². The second-order valence-electron chi connectivity index (χ2n) is 11.0. The van der Waals surface area contributed by atoms with E-state index in [0.29, 0.717) is 13.0 Å². The lowest BCUT2D eigenvalue weighted by Crippen LogP contribution is -2.20. The molecule has 5 rings (SSSR count). The molecule has 0 bridgehead atoms. The van der Waals surface area contributed by atoms with Crippen molar-refractivity contribution in [3.63, 3.8) is 0 Å². The lowest BCUT2D eigenvalue weighted by Gasteiger charge is -2.25. The van der Waals surface area contributed by atoms with Gasteiger partial charge in [0, 0.05) is 54.0 Å². The fraction of sp³-hybridized carbons (Fsp3) is 0.355. The maximum Gasteiger partial charge on any atom is 0.136 e. The van der Waals surface area contributed by atoms with E-state index in [1.54, 1.807) is 0 Å². The average Bonchev–Trinajstić information content (AvgIpc) is 3.43. The number of benzene rings is 2. The number of hydrogen-bond donors (Lipinski definition) is 2. The van der Waals surface area contributed by atoms with Gasteiger partial charge in [-0.3, -0.25) is 4.68 Å². The maximum absolute atomic E-state index is 11.0. The number of rotatable bonds is 8. The Morgan fingerprint density at radius 2 is 1.87 bits per heavy atom. The molecular formula is C31H37N5O2. The number of fused-ring (bicyclic) bond motifs is 2. The summed E-state index contributed by atoms with van der Waals surface area (Å²) < 4.78 is 10.6. The number of aliphatic hydroxyl groups is 1. The molecule has 3 heterocycles. The number of nitrogens with zero attached hydrogens (tertiary/aromatic N) is 4. The van der Waals surface area contributed by atoms with E-state index in [0.717, 1.165) is 62.5 Å². The molecule has 7 heteroatoms. The van der Waals surface area contributed by atoms with E-state index in [-0.39, 0.29) is 5.41 Å². The predicted octanol–water partition coefficient (Wildman–Crippen LogP) is 5.62. The summed E-state index contributed by atoms with van der Waals surface area (Å²) in [4.78, 5) is 4.54. The standard InChI is InChI=1S/C31H37N5O2/c1-20-24(28(34-35(20)6)30(37)31(2,3)4)15-16-38-29-25-10-8-7-9-21(25)11-13-26(29)22-12-14-27-33-18-23(17-32-5)36(27)19-22/h7-14,18-19,30,32,37H,15-17H2,1-6H3. The average molecular weight is 512 g/mol. The van der Waals surface area contributed by atoms with Crippen LogP contribution in [0.1, 0.15) is 49.5 Å². The van der Waals surface area contributed by atoms with Gasteiger partial charge in [-0.25, -0.2) is 4.98 Å². The van der Waals surface area contributed by atoms with Gasteiger partial charge in [0.1, 0.15) is 17.5 Å². The smallest absolute Gasteiger partial charge is 0.136 e. The fourth-order valence-electron chi connectivity index (χ4n) is 5.00. The van der Waals surface area contributed by atoms with Crippen molar-refractivity contribution in [3.05, 3.63) is 83.6 Å². The Labute approximate surface area is 224 Å². The molecule has 38 heavy (non-hydrogen) atoms. The summed E-state index contributed by atoms with van der Waals surface area (Å²) in [6.45, 7) is 9.35. The van der Waals surface area contributed by atoms with E-state index in [4.69, 9.17) is 4.74 Å². The van der Waals surface area contributed by atoms with Gasteiger partial charge in [0.25, 0.3) is 0 Å². The van der Waals surface area contributed by atoms with Gasteiger partial charge < -0.3 is 19.6 Å². The zero-order chi connectivity index (χ0) is 27.0. The molecule has 2 aromatic carbocycles. The van der Waals surface area contributed by atoms with Crippen LogP contribution < -0.4 is 10.1 Å². The van der Waals surface area contributed by atoms with Gasteiger partial charge in [0.05, 0.1) is 24.2 Å². The topological polar surface area (TPSA) is 76.6 Å². The summed E-state index contributed by atoms with van der Waals surface area (Å²) in [5, 5.41) is 21.1. The highest BCUT2D eigenvalue weighted by Gasteiger charge is 2.29. The minimum atomic E-state index is -0.653. The SMILES string of the molecule is CNCc1cnc2ccc(-c3ccc4ccccc4c3OCCc3c(C(O)C(C)(C)C)nn(C)c3C)cn12. The normalized spacial score (nSPS) is 12.9. The molecule has 0 radical (unpaired) electrons. The highest BCUT2D eigenvalue weighted by Crippen LogP contribution is 2.38. The van der Waals surface area contributed by atoms with Crippen molar-refractivity contribution in [1.29, 1.82) is 0 Å². The Kier molecular flexibility index (Phi) is 6.99. The quantitative estimate of drug-likeness (QED) is 0.283. The van der Waals surface area contributed by atoms with Gasteiger partial charge in [0.15, 0.2) is 0 Å². The second-order valence-corrected chi connectivity index (χ2v) is 11.0. The number of aryl methyl sites for hydroxylation is 1. The van der Waals surface area contributed by atoms with Crippen LogP contribution >= 0.6 is 0 Å². The summed E-state index contributed by atoms with van der Waals surface area (Å²) in [5.74, 6) is 0.859. The van der Waals surface area contributed by atoms with Crippen LogP contribution in [-0.2, 0) is 20.0 Å². The highest BCUT2D eigenvalue weighted by molar-refractivity contribution is 5.95. The van der Waals surface area contributed by atoms with E-state index in [2.05, 4.69) is 56.3 Å². The number of aromatic nitrogens is 4.